The summed E-state index contributed by atoms with van der Waals surface area (Å²) in [5.41, 5.74) is 0.969. The minimum Gasteiger partial charge on any atom is -0.294 e. The number of fused-ring (bicyclic) bond motifs is 2. The number of benzene rings is 1. The maximum atomic E-state index is 12.5. The molecule has 17 heavy (non-hydrogen) atoms. The molecule has 2 saturated carbocycles. The van der Waals surface area contributed by atoms with Crippen LogP contribution in [0, 0.1) is 17.8 Å². The zero-order valence-corrected chi connectivity index (χ0v) is 10.4. The lowest BCUT2D eigenvalue weighted by Gasteiger charge is -2.09. The lowest BCUT2D eigenvalue weighted by atomic mass is 9.93. The van der Waals surface area contributed by atoms with Crippen molar-refractivity contribution in [2.75, 3.05) is 0 Å². The highest BCUT2D eigenvalue weighted by molar-refractivity contribution is 7.17. The van der Waals surface area contributed by atoms with Crippen LogP contribution in [0.25, 0.3) is 10.1 Å². The molecule has 1 heterocycles. The third-order valence-corrected chi connectivity index (χ3v) is 5.32. The standard InChI is InChI=1S/C15H14OS/c16-15(11-6-9-5-10(9)7-11)13-8-17-14-4-2-1-3-12(13)14/h1-4,8-11H,5-7H2. The highest BCUT2D eigenvalue weighted by Gasteiger charge is 2.48. The molecule has 2 aromatic rings. The fourth-order valence-corrected chi connectivity index (χ4v) is 4.27. The molecule has 2 fully saturated rings. The molecule has 0 N–H and O–H groups in total. The molecule has 0 radical (unpaired) electrons. The molecular formula is C15H14OS. The average Bonchev–Trinajstić information content (AvgIpc) is 2.80. The van der Waals surface area contributed by atoms with Crippen LogP contribution >= 0.6 is 11.3 Å². The average molecular weight is 242 g/mol. The minimum atomic E-state index is 0.316. The summed E-state index contributed by atoms with van der Waals surface area (Å²) >= 11 is 1.69. The van der Waals surface area contributed by atoms with Gasteiger partial charge in [-0.25, -0.2) is 0 Å². The summed E-state index contributed by atoms with van der Waals surface area (Å²) < 4.78 is 1.24. The van der Waals surface area contributed by atoms with Gasteiger partial charge in [-0.2, -0.15) is 0 Å². The first-order chi connectivity index (χ1) is 8.33. The molecule has 0 spiro atoms. The first-order valence-electron chi connectivity index (χ1n) is 6.33. The van der Waals surface area contributed by atoms with Crippen molar-refractivity contribution in [2.24, 2.45) is 17.8 Å². The first kappa shape index (κ1) is 9.84. The zero-order valence-electron chi connectivity index (χ0n) is 9.56. The van der Waals surface area contributed by atoms with E-state index in [9.17, 15) is 4.79 Å². The molecule has 2 aliphatic rings. The number of carbonyl (C=O) groups excluding carboxylic acids is 1. The summed E-state index contributed by atoms with van der Waals surface area (Å²) in [5, 5.41) is 3.21. The van der Waals surface area contributed by atoms with Crippen LogP contribution in [0.2, 0.25) is 0 Å². The van der Waals surface area contributed by atoms with E-state index in [-0.39, 0.29) is 0 Å². The summed E-state index contributed by atoms with van der Waals surface area (Å²) in [6.07, 6.45) is 3.68. The Morgan fingerprint density at radius 2 is 1.88 bits per heavy atom. The van der Waals surface area contributed by atoms with Gasteiger partial charge in [0.1, 0.15) is 0 Å². The van der Waals surface area contributed by atoms with E-state index in [0.717, 1.165) is 35.6 Å². The predicted octanol–water partition coefficient (Wildman–Crippen LogP) is 4.13. The molecule has 0 bridgehead atoms. The van der Waals surface area contributed by atoms with Crippen molar-refractivity contribution >= 4 is 27.2 Å². The third-order valence-electron chi connectivity index (χ3n) is 4.36. The van der Waals surface area contributed by atoms with Crippen LogP contribution < -0.4 is 0 Å². The van der Waals surface area contributed by atoms with Crippen LogP contribution in [-0.2, 0) is 0 Å². The lowest BCUT2D eigenvalue weighted by Crippen LogP contribution is -2.12. The molecule has 1 aromatic heterocycles. The molecule has 2 aliphatic carbocycles. The van der Waals surface area contributed by atoms with E-state index in [1.54, 1.807) is 11.3 Å². The van der Waals surface area contributed by atoms with Crippen LogP contribution in [0.4, 0.5) is 0 Å². The summed E-state index contributed by atoms with van der Waals surface area (Å²) in [7, 11) is 0. The molecule has 86 valence electrons. The maximum absolute atomic E-state index is 12.5. The second kappa shape index (κ2) is 3.42. The van der Waals surface area contributed by atoms with E-state index in [0.29, 0.717) is 11.7 Å². The Labute approximate surface area is 104 Å². The molecule has 1 aromatic carbocycles. The molecular weight excluding hydrogens is 228 g/mol. The minimum absolute atomic E-state index is 0.316. The third kappa shape index (κ3) is 1.47. The van der Waals surface area contributed by atoms with Gasteiger partial charge >= 0.3 is 0 Å². The summed E-state index contributed by atoms with van der Waals surface area (Å²) in [4.78, 5) is 12.5. The molecule has 0 saturated heterocycles. The largest absolute Gasteiger partial charge is 0.294 e. The Bertz CT molecular complexity index is 588. The van der Waals surface area contributed by atoms with E-state index >= 15 is 0 Å². The summed E-state index contributed by atoms with van der Waals surface area (Å²) in [6.45, 7) is 0. The van der Waals surface area contributed by atoms with Crippen LogP contribution in [0.3, 0.4) is 0 Å². The van der Waals surface area contributed by atoms with Gasteiger partial charge < -0.3 is 0 Å². The van der Waals surface area contributed by atoms with Gasteiger partial charge in [0, 0.05) is 26.9 Å². The van der Waals surface area contributed by atoms with Crippen molar-refractivity contribution in [1.82, 2.24) is 0 Å². The Hall–Kier alpha value is -1.15. The lowest BCUT2D eigenvalue weighted by molar-refractivity contribution is 0.0916. The van der Waals surface area contributed by atoms with Gasteiger partial charge in [-0.3, -0.25) is 4.79 Å². The van der Waals surface area contributed by atoms with Gasteiger partial charge in [0.15, 0.2) is 5.78 Å². The Balaban J connectivity index is 1.71. The van der Waals surface area contributed by atoms with Crippen molar-refractivity contribution in [2.45, 2.75) is 19.3 Å². The van der Waals surface area contributed by atoms with E-state index in [1.807, 2.05) is 12.1 Å². The second-order valence-corrected chi connectivity index (χ2v) is 6.35. The van der Waals surface area contributed by atoms with Gasteiger partial charge in [0.05, 0.1) is 0 Å². The van der Waals surface area contributed by atoms with E-state index in [4.69, 9.17) is 0 Å². The van der Waals surface area contributed by atoms with E-state index < -0.39 is 0 Å². The molecule has 2 heteroatoms. The fraction of sp³-hybridized carbons (Fsp3) is 0.400. The number of carbonyl (C=O) groups is 1. The number of hydrogen-bond donors (Lipinski definition) is 0. The number of rotatable bonds is 2. The van der Waals surface area contributed by atoms with Gasteiger partial charge in [0.2, 0.25) is 0 Å². The van der Waals surface area contributed by atoms with Crippen LogP contribution in [0.1, 0.15) is 29.6 Å². The van der Waals surface area contributed by atoms with Crippen LogP contribution in [0.15, 0.2) is 29.6 Å². The first-order valence-corrected chi connectivity index (χ1v) is 7.21. The van der Waals surface area contributed by atoms with Crippen molar-refractivity contribution in [3.8, 4) is 0 Å². The van der Waals surface area contributed by atoms with Gasteiger partial charge in [0.25, 0.3) is 0 Å². The summed E-state index contributed by atoms with van der Waals surface area (Å²) in [6, 6.07) is 8.24. The fourth-order valence-electron chi connectivity index (χ4n) is 3.32. The Kier molecular flexibility index (Phi) is 1.98. The topological polar surface area (TPSA) is 17.1 Å². The Morgan fingerprint density at radius 3 is 2.71 bits per heavy atom. The highest BCUT2D eigenvalue weighted by Crippen LogP contribution is 2.55. The molecule has 4 rings (SSSR count). The SMILES string of the molecule is O=C(c1csc2ccccc12)C1CC2CC2C1. The normalized spacial score (nSPS) is 30.5. The highest BCUT2D eigenvalue weighted by atomic mass is 32.1. The quantitative estimate of drug-likeness (QED) is 0.724. The zero-order chi connectivity index (χ0) is 11.4. The van der Waals surface area contributed by atoms with Crippen molar-refractivity contribution in [3.63, 3.8) is 0 Å². The van der Waals surface area contributed by atoms with Crippen molar-refractivity contribution < 1.29 is 4.79 Å². The van der Waals surface area contributed by atoms with Gasteiger partial charge in [-0.1, -0.05) is 18.2 Å². The summed E-state index contributed by atoms with van der Waals surface area (Å²) in [5.74, 6) is 2.48. The Morgan fingerprint density at radius 1 is 1.12 bits per heavy atom. The van der Waals surface area contributed by atoms with E-state index in [2.05, 4.69) is 17.5 Å². The van der Waals surface area contributed by atoms with Crippen molar-refractivity contribution in [1.29, 1.82) is 0 Å². The van der Waals surface area contributed by atoms with Crippen molar-refractivity contribution in [3.05, 3.63) is 35.2 Å². The molecule has 2 atom stereocenters. The maximum Gasteiger partial charge on any atom is 0.167 e. The molecule has 0 amide bonds. The predicted molar refractivity (Wildman–Crippen MR) is 70.5 cm³/mol. The van der Waals surface area contributed by atoms with Gasteiger partial charge in [-0.15, -0.1) is 11.3 Å². The van der Waals surface area contributed by atoms with E-state index in [1.165, 1.54) is 11.1 Å². The van der Waals surface area contributed by atoms with Crippen LogP contribution in [0.5, 0.6) is 0 Å². The number of Topliss-reactive ketones (excluding diaryl/α,β-unsaturated/α-hetero) is 1. The van der Waals surface area contributed by atoms with Gasteiger partial charge in [-0.05, 0) is 37.2 Å². The number of hydrogen-bond acceptors (Lipinski definition) is 2. The molecule has 1 nitrogen and oxygen atoms in total. The second-order valence-electron chi connectivity index (χ2n) is 5.43. The molecule has 0 aliphatic heterocycles. The van der Waals surface area contributed by atoms with Crippen LogP contribution in [-0.4, -0.2) is 5.78 Å². The molecule has 2 unspecified atom stereocenters. The number of thiophene rings is 1. The monoisotopic (exact) mass is 242 g/mol. The number of ketones is 1. The smallest absolute Gasteiger partial charge is 0.167 e.